The van der Waals surface area contributed by atoms with Gasteiger partial charge in [-0.25, -0.2) is 0 Å². The van der Waals surface area contributed by atoms with Gasteiger partial charge in [-0.3, -0.25) is 0 Å². The smallest absolute Gasteiger partial charge is 0.0509 e. The van der Waals surface area contributed by atoms with Crippen molar-refractivity contribution >= 4 is 8.80 Å². The summed E-state index contributed by atoms with van der Waals surface area (Å²) in [7, 11) is 0.0180. The van der Waals surface area contributed by atoms with E-state index in [0.717, 1.165) is 11.0 Å². The highest BCUT2D eigenvalue weighted by Gasteiger charge is 2.36. The molecule has 1 aliphatic heterocycles. The lowest BCUT2D eigenvalue weighted by molar-refractivity contribution is 0.528. The van der Waals surface area contributed by atoms with Gasteiger partial charge in [0.25, 0.3) is 0 Å². The van der Waals surface area contributed by atoms with E-state index in [-0.39, 0.29) is 8.80 Å². The van der Waals surface area contributed by atoms with Gasteiger partial charge in [-0.15, -0.1) is 0 Å². The van der Waals surface area contributed by atoms with Crippen LogP contribution in [0.2, 0.25) is 17.6 Å². The first-order valence-corrected chi connectivity index (χ1v) is 6.06. The fraction of sp³-hybridized carbons (Fsp3) is 1.00. The Morgan fingerprint density at radius 2 is 2.00 bits per heavy atom. The maximum Gasteiger partial charge on any atom is 0.0509 e. The summed E-state index contributed by atoms with van der Waals surface area (Å²) < 4.78 is 0. The Morgan fingerprint density at radius 1 is 1.44 bits per heavy atom. The molecule has 1 rings (SSSR count). The molecular formula is C8H17Si. The predicted molar refractivity (Wildman–Crippen MR) is 44.2 cm³/mol. The molecule has 0 aromatic carbocycles. The maximum absolute atomic E-state index is 2.48. The molecule has 1 radical (unpaired) electrons. The van der Waals surface area contributed by atoms with Gasteiger partial charge in [-0.2, -0.15) is 0 Å². The third-order valence-corrected chi connectivity index (χ3v) is 6.49. The van der Waals surface area contributed by atoms with E-state index in [1.54, 1.807) is 0 Å². The van der Waals surface area contributed by atoms with Gasteiger partial charge in [0.05, 0.1) is 8.80 Å². The summed E-state index contributed by atoms with van der Waals surface area (Å²) >= 11 is 0. The van der Waals surface area contributed by atoms with Crippen LogP contribution < -0.4 is 0 Å². The van der Waals surface area contributed by atoms with Crippen molar-refractivity contribution in [2.45, 2.75) is 44.8 Å². The molecule has 0 aromatic heterocycles. The molecule has 0 nitrogen and oxygen atoms in total. The van der Waals surface area contributed by atoms with Crippen molar-refractivity contribution < 1.29 is 0 Å². The molecule has 0 amide bonds. The Labute approximate surface area is 60.3 Å². The van der Waals surface area contributed by atoms with E-state index in [1.165, 1.54) is 12.5 Å². The summed E-state index contributed by atoms with van der Waals surface area (Å²) in [5.74, 6) is 1.01. The van der Waals surface area contributed by atoms with Crippen molar-refractivity contribution in [3.63, 3.8) is 0 Å². The second kappa shape index (κ2) is 2.12. The Balaban J connectivity index is 2.58. The van der Waals surface area contributed by atoms with E-state index in [0.29, 0.717) is 0 Å². The highest BCUT2D eigenvalue weighted by Crippen LogP contribution is 2.46. The summed E-state index contributed by atoms with van der Waals surface area (Å²) in [4.78, 5) is 0. The molecule has 0 N–H and O–H groups in total. The first-order valence-electron chi connectivity index (χ1n) is 3.85. The number of hydrogen-bond donors (Lipinski definition) is 0. The van der Waals surface area contributed by atoms with Crippen molar-refractivity contribution in [2.24, 2.45) is 5.92 Å². The Kier molecular flexibility index (Phi) is 1.72. The van der Waals surface area contributed by atoms with Crippen molar-refractivity contribution in [3.8, 4) is 0 Å². The third kappa shape index (κ3) is 1.37. The molecule has 1 fully saturated rings. The van der Waals surface area contributed by atoms with Crippen molar-refractivity contribution in [1.29, 1.82) is 0 Å². The molecule has 1 unspecified atom stereocenters. The summed E-state index contributed by atoms with van der Waals surface area (Å²) in [6, 6.07) is 1.54. The molecule has 53 valence electrons. The predicted octanol–water partition coefficient (Wildman–Crippen LogP) is 2.93. The fourth-order valence-electron chi connectivity index (χ4n) is 1.92. The van der Waals surface area contributed by atoms with Crippen LogP contribution in [0.3, 0.4) is 0 Å². The summed E-state index contributed by atoms with van der Waals surface area (Å²) in [6.07, 6.45) is 1.47. The monoisotopic (exact) mass is 141 g/mol. The summed E-state index contributed by atoms with van der Waals surface area (Å²) in [5, 5.41) is 0.726. The third-order valence-electron chi connectivity index (χ3n) is 2.67. The molecule has 9 heavy (non-hydrogen) atoms. The molecule has 0 aliphatic carbocycles. The van der Waals surface area contributed by atoms with Gasteiger partial charge in [0.1, 0.15) is 0 Å². The average molecular weight is 141 g/mol. The van der Waals surface area contributed by atoms with Gasteiger partial charge in [0.15, 0.2) is 0 Å². The van der Waals surface area contributed by atoms with Crippen molar-refractivity contribution in [1.82, 2.24) is 0 Å². The highest BCUT2D eigenvalue weighted by molar-refractivity contribution is 6.61. The van der Waals surface area contributed by atoms with Crippen molar-refractivity contribution in [3.05, 3.63) is 0 Å². The van der Waals surface area contributed by atoms with Crippen LogP contribution in [0.4, 0.5) is 0 Å². The zero-order valence-corrected chi connectivity index (χ0v) is 7.99. The van der Waals surface area contributed by atoms with Crippen LogP contribution in [0.25, 0.3) is 0 Å². The first-order chi connectivity index (χ1) is 4.02. The molecule has 1 saturated heterocycles. The van der Waals surface area contributed by atoms with Gasteiger partial charge in [-0.1, -0.05) is 33.4 Å². The number of hydrogen-bond acceptors (Lipinski definition) is 0. The second-order valence-electron chi connectivity index (χ2n) is 4.18. The Morgan fingerprint density at radius 3 is 2.11 bits per heavy atom. The molecule has 1 heterocycles. The molecule has 1 heteroatoms. The lowest BCUT2D eigenvalue weighted by Crippen LogP contribution is -2.16. The van der Waals surface area contributed by atoms with Crippen LogP contribution in [0.1, 0.15) is 27.2 Å². The zero-order valence-electron chi connectivity index (χ0n) is 6.99. The van der Waals surface area contributed by atoms with Gasteiger partial charge < -0.3 is 0 Å². The lowest BCUT2D eigenvalue weighted by atomic mass is 10.0. The molecule has 1 atom stereocenters. The first kappa shape index (κ1) is 7.33. The second-order valence-corrected chi connectivity index (χ2v) is 7.50. The molecule has 0 saturated carbocycles. The molecule has 0 bridgehead atoms. The molecular weight excluding hydrogens is 124 g/mol. The van der Waals surface area contributed by atoms with Crippen LogP contribution in [0.5, 0.6) is 0 Å². The maximum atomic E-state index is 2.48. The average Bonchev–Trinajstić information content (AvgIpc) is 1.79. The molecule has 1 aliphatic rings. The zero-order chi connectivity index (χ0) is 7.07. The van der Waals surface area contributed by atoms with Gasteiger partial charge in [-0.05, 0) is 17.4 Å². The Bertz CT molecular complexity index is 107. The quantitative estimate of drug-likeness (QED) is 0.455. The van der Waals surface area contributed by atoms with Crippen LogP contribution in [-0.4, -0.2) is 8.80 Å². The van der Waals surface area contributed by atoms with Crippen LogP contribution in [0.15, 0.2) is 0 Å². The minimum Gasteiger partial charge on any atom is -0.0707 e. The highest BCUT2D eigenvalue weighted by atomic mass is 28.3. The van der Waals surface area contributed by atoms with Crippen LogP contribution in [-0.2, 0) is 0 Å². The van der Waals surface area contributed by atoms with E-state index in [1.807, 2.05) is 0 Å². The van der Waals surface area contributed by atoms with Crippen LogP contribution >= 0.6 is 0 Å². The minimum absolute atomic E-state index is 0.0180. The van der Waals surface area contributed by atoms with Gasteiger partial charge in [0.2, 0.25) is 0 Å². The van der Waals surface area contributed by atoms with E-state index in [4.69, 9.17) is 0 Å². The SMILES string of the molecule is CC1C[Si](C)C(C)(C)C1. The summed E-state index contributed by atoms with van der Waals surface area (Å²) in [6.45, 7) is 9.74. The van der Waals surface area contributed by atoms with E-state index < -0.39 is 0 Å². The molecule has 0 spiro atoms. The topological polar surface area (TPSA) is 0 Å². The van der Waals surface area contributed by atoms with E-state index in [2.05, 4.69) is 27.3 Å². The fourth-order valence-corrected chi connectivity index (χ4v) is 4.36. The van der Waals surface area contributed by atoms with Gasteiger partial charge in [0, 0.05) is 0 Å². The van der Waals surface area contributed by atoms with Gasteiger partial charge >= 0.3 is 0 Å². The normalized spacial score (nSPS) is 35.3. The lowest BCUT2D eigenvalue weighted by Gasteiger charge is -2.21. The largest absolute Gasteiger partial charge is 0.0707 e. The van der Waals surface area contributed by atoms with E-state index in [9.17, 15) is 0 Å². The van der Waals surface area contributed by atoms with Crippen molar-refractivity contribution in [2.75, 3.05) is 0 Å². The van der Waals surface area contributed by atoms with E-state index >= 15 is 0 Å². The minimum atomic E-state index is 0.0180. The Hall–Kier alpha value is 0.217. The summed E-state index contributed by atoms with van der Waals surface area (Å²) in [5.41, 5.74) is 0. The number of rotatable bonds is 0. The van der Waals surface area contributed by atoms with Crippen LogP contribution in [0, 0.1) is 5.92 Å². The standard InChI is InChI=1S/C8H17Si/c1-7-5-8(2,3)9(4)6-7/h7H,5-6H2,1-4H3. The molecule has 0 aromatic rings.